The van der Waals surface area contributed by atoms with Crippen LogP contribution in [0.5, 0.6) is 0 Å². The fraction of sp³-hybridized carbons (Fsp3) is 0.958. The van der Waals surface area contributed by atoms with Crippen LogP contribution >= 0.6 is 0 Å². The number of carbonyl (C=O) groups excluding carboxylic acids is 1. The van der Waals surface area contributed by atoms with Crippen molar-refractivity contribution in [3.63, 3.8) is 0 Å². The summed E-state index contributed by atoms with van der Waals surface area (Å²) in [6, 6.07) is 0. The van der Waals surface area contributed by atoms with E-state index in [1.54, 1.807) is 0 Å². The predicted octanol–water partition coefficient (Wildman–Crippen LogP) is 3.14. The first-order valence-corrected chi connectivity index (χ1v) is 11.7. The van der Waals surface area contributed by atoms with E-state index in [0.717, 1.165) is 32.1 Å². The fourth-order valence-corrected chi connectivity index (χ4v) is 8.80. The van der Waals surface area contributed by atoms with E-state index >= 15 is 0 Å². The molecule has 4 aliphatic carbocycles. The monoisotopic (exact) mass is 391 g/mol. The van der Waals surface area contributed by atoms with Gasteiger partial charge in [0.2, 0.25) is 0 Å². The summed E-state index contributed by atoms with van der Waals surface area (Å²) < 4.78 is 0. The average Bonchev–Trinajstić information content (AvgIpc) is 2.99. The maximum atomic E-state index is 11.1. The van der Waals surface area contributed by atoms with E-state index < -0.39 is 5.97 Å². The maximum Gasteiger partial charge on any atom is 0.0577 e. The number of carbonyl (C=O) groups is 1. The van der Waals surface area contributed by atoms with Gasteiger partial charge in [-0.3, -0.25) is 0 Å². The minimum Gasteiger partial charge on any atom is -0.550 e. The summed E-state index contributed by atoms with van der Waals surface area (Å²) in [4.78, 5) is 10.9. The number of fused-ring (bicyclic) bond motifs is 5. The summed E-state index contributed by atoms with van der Waals surface area (Å²) in [5.41, 5.74) is 0.450. The van der Waals surface area contributed by atoms with Gasteiger partial charge in [0.1, 0.15) is 0 Å². The van der Waals surface area contributed by atoms with Gasteiger partial charge in [0.25, 0.3) is 0 Å². The summed E-state index contributed by atoms with van der Waals surface area (Å²) in [7, 11) is 0. The Bertz CT molecular complexity index is 605. The van der Waals surface area contributed by atoms with Crippen molar-refractivity contribution in [2.45, 2.75) is 97.2 Å². The van der Waals surface area contributed by atoms with Crippen LogP contribution in [0.15, 0.2) is 0 Å². The smallest absolute Gasteiger partial charge is 0.0577 e. The van der Waals surface area contributed by atoms with Gasteiger partial charge in [0.15, 0.2) is 0 Å². The molecule has 4 nitrogen and oxygen atoms in total. The van der Waals surface area contributed by atoms with Gasteiger partial charge in [-0.1, -0.05) is 20.8 Å². The van der Waals surface area contributed by atoms with Crippen LogP contribution < -0.4 is 5.11 Å². The first-order valence-electron chi connectivity index (χ1n) is 11.7. The van der Waals surface area contributed by atoms with Crippen molar-refractivity contribution in [2.75, 3.05) is 0 Å². The molecule has 4 fully saturated rings. The fourth-order valence-electron chi connectivity index (χ4n) is 8.80. The third kappa shape index (κ3) is 3.14. The molecule has 0 spiro atoms. The molecular weight excluding hydrogens is 352 g/mol. The highest BCUT2D eigenvalue weighted by Crippen LogP contribution is 2.68. The number of carboxylic acid groups (broad SMARTS) is 1. The highest BCUT2D eigenvalue weighted by atomic mass is 16.4. The zero-order chi connectivity index (χ0) is 20.3. The lowest BCUT2D eigenvalue weighted by molar-refractivity contribution is -0.306. The van der Waals surface area contributed by atoms with Crippen molar-refractivity contribution >= 4 is 5.97 Å². The van der Waals surface area contributed by atoms with Crippen molar-refractivity contribution < 1.29 is 20.1 Å². The molecule has 28 heavy (non-hydrogen) atoms. The molecule has 0 aliphatic heterocycles. The maximum absolute atomic E-state index is 11.1. The van der Waals surface area contributed by atoms with E-state index in [-0.39, 0.29) is 35.4 Å². The van der Waals surface area contributed by atoms with Crippen LogP contribution in [0, 0.1) is 46.3 Å². The molecule has 0 bridgehead atoms. The third-order valence-electron chi connectivity index (χ3n) is 10.2. The zero-order valence-corrected chi connectivity index (χ0v) is 17.9. The van der Waals surface area contributed by atoms with E-state index in [1.165, 1.54) is 25.7 Å². The molecule has 4 aliphatic rings. The first-order chi connectivity index (χ1) is 13.2. The average molecular weight is 392 g/mol. The van der Waals surface area contributed by atoms with E-state index in [2.05, 4.69) is 20.8 Å². The Morgan fingerprint density at radius 2 is 1.68 bits per heavy atom. The molecule has 10 atom stereocenters. The first kappa shape index (κ1) is 20.7. The SMILES string of the molecule is C[C@H](CCC(=O)[O-])[C@H]1CC[C@H]2[C@@H]3C[C@@H](O)[C@@H]4C[C@H](O)CC[C@]4(C)[C@H]3CC[C@]12C. The molecular formula is C24H39O4-. The van der Waals surface area contributed by atoms with Gasteiger partial charge in [-0.05, 0) is 111 Å². The number of aliphatic hydroxyl groups is 2. The second-order valence-electron chi connectivity index (χ2n) is 11.3. The largest absolute Gasteiger partial charge is 0.550 e. The van der Waals surface area contributed by atoms with E-state index in [9.17, 15) is 20.1 Å². The quantitative estimate of drug-likeness (QED) is 0.771. The third-order valence-corrected chi connectivity index (χ3v) is 10.2. The van der Waals surface area contributed by atoms with E-state index in [1.807, 2.05) is 0 Å². The topological polar surface area (TPSA) is 80.6 Å². The highest BCUT2D eigenvalue weighted by molar-refractivity contribution is 5.64. The van der Waals surface area contributed by atoms with Crippen molar-refractivity contribution in [3.05, 3.63) is 0 Å². The van der Waals surface area contributed by atoms with Crippen LogP contribution in [0.3, 0.4) is 0 Å². The Kier molecular flexibility index (Phi) is 5.36. The van der Waals surface area contributed by atoms with Crippen LogP contribution in [0.2, 0.25) is 0 Å². The lowest BCUT2D eigenvalue weighted by Gasteiger charge is -2.62. The van der Waals surface area contributed by atoms with Crippen LogP contribution in [-0.2, 0) is 4.79 Å². The molecule has 4 rings (SSSR count). The standard InChI is InChI=1S/C24H40O4/c1-14(4-7-22(27)28)17-5-6-18-16-13-21(26)20-12-15(25)8-10-24(20,3)19(16)9-11-23(17,18)2/h14-21,25-26H,4-13H2,1-3H3,(H,27,28)/p-1/t14-,15-,16+,17-,18+,19+,20+,21-,23-,24-/m1/s1. The van der Waals surface area contributed by atoms with Gasteiger partial charge in [0.05, 0.1) is 12.2 Å². The second-order valence-corrected chi connectivity index (χ2v) is 11.3. The molecule has 0 aromatic carbocycles. The Labute approximate surface area is 170 Å². The lowest BCUT2D eigenvalue weighted by atomic mass is 9.44. The molecule has 160 valence electrons. The molecule has 4 saturated carbocycles. The van der Waals surface area contributed by atoms with Crippen molar-refractivity contribution in [1.29, 1.82) is 0 Å². The van der Waals surface area contributed by atoms with E-state index in [0.29, 0.717) is 29.6 Å². The molecule has 0 saturated heterocycles. The molecule has 0 radical (unpaired) electrons. The molecule has 0 unspecified atom stereocenters. The van der Waals surface area contributed by atoms with Gasteiger partial charge < -0.3 is 20.1 Å². The van der Waals surface area contributed by atoms with Gasteiger partial charge in [0, 0.05) is 5.97 Å². The van der Waals surface area contributed by atoms with Crippen molar-refractivity contribution in [2.24, 2.45) is 46.3 Å². The highest BCUT2D eigenvalue weighted by Gasteiger charge is 2.62. The molecule has 0 amide bonds. The Balaban J connectivity index is 1.55. The van der Waals surface area contributed by atoms with Gasteiger partial charge in [-0.15, -0.1) is 0 Å². The van der Waals surface area contributed by atoms with Crippen LogP contribution in [-0.4, -0.2) is 28.4 Å². The molecule has 0 aromatic rings. The Hall–Kier alpha value is -0.610. The molecule has 0 heterocycles. The number of rotatable bonds is 4. The van der Waals surface area contributed by atoms with Crippen LogP contribution in [0.1, 0.15) is 85.0 Å². The van der Waals surface area contributed by atoms with Gasteiger partial charge >= 0.3 is 0 Å². The lowest BCUT2D eigenvalue weighted by Crippen LogP contribution is -2.58. The van der Waals surface area contributed by atoms with Crippen molar-refractivity contribution in [3.8, 4) is 0 Å². The summed E-state index contributed by atoms with van der Waals surface area (Å²) in [6.07, 6.45) is 8.88. The number of hydrogen-bond acceptors (Lipinski definition) is 4. The zero-order valence-electron chi connectivity index (χ0n) is 17.9. The minimum atomic E-state index is -0.927. The Morgan fingerprint density at radius 1 is 1.00 bits per heavy atom. The molecule has 0 aromatic heterocycles. The van der Waals surface area contributed by atoms with Gasteiger partial charge in [-0.25, -0.2) is 0 Å². The number of aliphatic hydroxyl groups excluding tert-OH is 2. The summed E-state index contributed by atoms with van der Waals surface area (Å²) in [6.45, 7) is 7.11. The number of hydrogen-bond donors (Lipinski definition) is 2. The molecule has 2 N–H and O–H groups in total. The predicted molar refractivity (Wildman–Crippen MR) is 106 cm³/mol. The number of aliphatic carboxylic acids is 1. The second kappa shape index (κ2) is 7.27. The minimum absolute atomic E-state index is 0.168. The van der Waals surface area contributed by atoms with Crippen molar-refractivity contribution in [1.82, 2.24) is 0 Å². The normalized spacial score (nSPS) is 51.7. The summed E-state index contributed by atoms with van der Waals surface area (Å²) in [5, 5.41) is 32.2. The Morgan fingerprint density at radius 3 is 2.39 bits per heavy atom. The van der Waals surface area contributed by atoms with Crippen LogP contribution in [0.25, 0.3) is 0 Å². The van der Waals surface area contributed by atoms with Gasteiger partial charge in [-0.2, -0.15) is 0 Å². The van der Waals surface area contributed by atoms with Crippen LogP contribution in [0.4, 0.5) is 0 Å². The van der Waals surface area contributed by atoms with E-state index in [4.69, 9.17) is 0 Å². The summed E-state index contributed by atoms with van der Waals surface area (Å²) >= 11 is 0. The number of carboxylic acids is 1. The molecule has 4 heteroatoms. The summed E-state index contributed by atoms with van der Waals surface area (Å²) in [5.74, 6) is 2.25.